The molecule has 2 atom stereocenters. The SMILES string of the molecule is CC[C@H](C)NC(=O)[C@H](CC)N(CCc1ccccc1)C(=O)CN(c1cc(C)cc(C)c1)S(=O)(=O)c1ccccc1. The van der Waals surface area contributed by atoms with Gasteiger partial charge in [-0.2, -0.15) is 0 Å². The Kier molecular flexibility index (Phi) is 10.9. The molecule has 2 amide bonds. The second-order valence-electron chi connectivity index (χ2n) is 10.2. The Morgan fingerprint density at radius 1 is 0.850 bits per heavy atom. The molecule has 0 spiro atoms. The van der Waals surface area contributed by atoms with Gasteiger partial charge in [0.05, 0.1) is 10.6 Å². The lowest BCUT2D eigenvalue weighted by molar-refractivity contribution is -0.139. The molecule has 0 aromatic heterocycles. The fourth-order valence-corrected chi connectivity index (χ4v) is 6.10. The van der Waals surface area contributed by atoms with Crippen LogP contribution in [0.15, 0.2) is 83.8 Å². The highest BCUT2D eigenvalue weighted by atomic mass is 32.2. The summed E-state index contributed by atoms with van der Waals surface area (Å²) in [5.74, 6) is -0.664. The first-order chi connectivity index (χ1) is 19.1. The van der Waals surface area contributed by atoms with Crippen molar-refractivity contribution in [3.63, 3.8) is 0 Å². The standard InChI is InChI=1S/C32H41N3O4S/c1-6-26(5)33-32(37)30(7-2)34(19-18-27-14-10-8-11-15-27)31(36)23-35(28-21-24(3)20-25(4)22-28)40(38,39)29-16-12-9-13-17-29/h8-17,20-22,26,30H,6-7,18-19,23H2,1-5H3,(H,33,37)/t26-,30-/m0/s1. The van der Waals surface area contributed by atoms with Gasteiger partial charge >= 0.3 is 0 Å². The summed E-state index contributed by atoms with van der Waals surface area (Å²) in [4.78, 5) is 29.1. The van der Waals surface area contributed by atoms with Gasteiger partial charge in [0.2, 0.25) is 11.8 Å². The molecule has 3 aromatic rings. The first-order valence-corrected chi connectivity index (χ1v) is 15.3. The van der Waals surface area contributed by atoms with Crippen LogP contribution in [0.1, 0.15) is 50.3 Å². The van der Waals surface area contributed by atoms with Gasteiger partial charge in [-0.1, -0.05) is 68.4 Å². The third-order valence-electron chi connectivity index (χ3n) is 6.98. The second-order valence-corrected chi connectivity index (χ2v) is 12.1. The van der Waals surface area contributed by atoms with E-state index in [4.69, 9.17) is 0 Å². The van der Waals surface area contributed by atoms with Crippen LogP contribution >= 0.6 is 0 Å². The van der Waals surface area contributed by atoms with Crippen LogP contribution in [0, 0.1) is 13.8 Å². The highest BCUT2D eigenvalue weighted by Gasteiger charge is 2.33. The van der Waals surface area contributed by atoms with Gasteiger partial charge in [0.15, 0.2) is 0 Å². The van der Waals surface area contributed by atoms with Gasteiger partial charge in [-0.15, -0.1) is 0 Å². The summed E-state index contributed by atoms with van der Waals surface area (Å²) in [6, 6.07) is 22.6. The second kappa shape index (κ2) is 14.1. The Morgan fingerprint density at radius 2 is 1.43 bits per heavy atom. The molecule has 1 N–H and O–H groups in total. The van der Waals surface area contributed by atoms with Gasteiger partial charge in [0, 0.05) is 12.6 Å². The number of aryl methyl sites for hydroxylation is 2. The van der Waals surface area contributed by atoms with E-state index in [9.17, 15) is 18.0 Å². The lowest BCUT2D eigenvalue weighted by Crippen LogP contribution is -2.54. The molecule has 8 heteroatoms. The molecule has 0 heterocycles. The molecule has 0 aliphatic rings. The number of amides is 2. The summed E-state index contributed by atoms with van der Waals surface area (Å²) in [5, 5.41) is 3.01. The number of anilines is 1. The third kappa shape index (κ3) is 7.94. The lowest BCUT2D eigenvalue weighted by atomic mass is 10.1. The van der Waals surface area contributed by atoms with Gasteiger partial charge in [-0.05, 0) is 81.0 Å². The summed E-state index contributed by atoms with van der Waals surface area (Å²) >= 11 is 0. The van der Waals surface area contributed by atoms with Gasteiger partial charge in [-0.3, -0.25) is 13.9 Å². The maximum atomic E-state index is 14.1. The molecule has 3 aromatic carbocycles. The van der Waals surface area contributed by atoms with E-state index in [0.717, 1.165) is 23.1 Å². The van der Waals surface area contributed by atoms with Gasteiger partial charge in [0.25, 0.3) is 10.0 Å². The normalized spacial score (nSPS) is 12.8. The molecule has 7 nitrogen and oxygen atoms in total. The third-order valence-corrected chi connectivity index (χ3v) is 8.76. The van der Waals surface area contributed by atoms with Crippen molar-refractivity contribution in [1.82, 2.24) is 10.2 Å². The van der Waals surface area contributed by atoms with Crippen LogP contribution < -0.4 is 9.62 Å². The fourth-order valence-electron chi connectivity index (χ4n) is 4.68. The van der Waals surface area contributed by atoms with Crippen molar-refractivity contribution in [2.45, 2.75) is 70.9 Å². The number of hydrogen-bond acceptors (Lipinski definition) is 4. The molecule has 0 unspecified atom stereocenters. The highest BCUT2D eigenvalue weighted by Crippen LogP contribution is 2.26. The van der Waals surface area contributed by atoms with Gasteiger partial charge in [0.1, 0.15) is 12.6 Å². The number of hydrogen-bond donors (Lipinski definition) is 1. The van der Waals surface area contributed by atoms with Crippen molar-refractivity contribution in [3.05, 3.63) is 95.6 Å². The Morgan fingerprint density at radius 3 is 1.98 bits per heavy atom. The molecule has 0 aliphatic carbocycles. The zero-order valence-electron chi connectivity index (χ0n) is 24.1. The first kappa shape index (κ1) is 30.9. The maximum Gasteiger partial charge on any atom is 0.264 e. The molecular weight excluding hydrogens is 522 g/mol. The minimum absolute atomic E-state index is 0.0437. The van der Waals surface area contributed by atoms with Crippen LogP contribution in [0.5, 0.6) is 0 Å². The smallest absolute Gasteiger partial charge is 0.264 e. The molecule has 0 saturated carbocycles. The summed E-state index contributed by atoms with van der Waals surface area (Å²) in [5.41, 5.74) is 3.21. The van der Waals surface area contributed by atoms with Crippen molar-refractivity contribution in [1.29, 1.82) is 0 Å². The Balaban J connectivity index is 2.03. The van der Waals surface area contributed by atoms with Crippen LogP contribution in [0.25, 0.3) is 0 Å². The van der Waals surface area contributed by atoms with E-state index in [1.807, 2.05) is 71.0 Å². The van der Waals surface area contributed by atoms with Crippen molar-refractivity contribution in [2.75, 3.05) is 17.4 Å². The van der Waals surface area contributed by atoms with Crippen LogP contribution in [0.4, 0.5) is 5.69 Å². The maximum absolute atomic E-state index is 14.1. The van der Waals surface area contributed by atoms with Gasteiger partial charge < -0.3 is 10.2 Å². The molecule has 0 radical (unpaired) electrons. The molecular formula is C32H41N3O4S. The van der Waals surface area contributed by atoms with Gasteiger partial charge in [-0.25, -0.2) is 8.42 Å². The summed E-state index contributed by atoms with van der Waals surface area (Å²) in [7, 11) is -4.07. The monoisotopic (exact) mass is 563 g/mol. The Hall–Kier alpha value is -3.65. The topological polar surface area (TPSA) is 86.8 Å². The minimum atomic E-state index is -4.07. The molecule has 0 fully saturated rings. The van der Waals surface area contributed by atoms with Crippen LogP contribution in [-0.2, 0) is 26.0 Å². The van der Waals surface area contributed by atoms with E-state index in [1.165, 1.54) is 16.4 Å². The average Bonchev–Trinajstić information content (AvgIpc) is 2.94. The van der Waals surface area contributed by atoms with Crippen molar-refractivity contribution in [3.8, 4) is 0 Å². The van der Waals surface area contributed by atoms with E-state index in [2.05, 4.69) is 5.32 Å². The van der Waals surface area contributed by atoms with Crippen LogP contribution in [-0.4, -0.2) is 50.3 Å². The number of sulfonamides is 1. The Labute approximate surface area is 239 Å². The first-order valence-electron chi connectivity index (χ1n) is 13.9. The fraction of sp³-hybridized carbons (Fsp3) is 0.375. The van der Waals surface area contributed by atoms with E-state index in [-0.39, 0.29) is 23.4 Å². The predicted molar refractivity (Wildman–Crippen MR) is 161 cm³/mol. The van der Waals surface area contributed by atoms with Crippen molar-refractivity contribution in [2.24, 2.45) is 0 Å². The van der Waals surface area contributed by atoms with E-state index in [1.54, 1.807) is 35.2 Å². The number of nitrogens with one attached hydrogen (secondary N) is 1. The van der Waals surface area contributed by atoms with E-state index in [0.29, 0.717) is 18.5 Å². The number of benzene rings is 3. The average molecular weight is 564 g/mol. The number of carbonyl (C=O) groups excluding carboxylic acids is 2. The summed E-state index contributed by atoms with van der Waals surface area (Å²) in [6.07, 6.45) is 1.70. The zero-order chi connectivity index (χ0) is 29.3. The number of rotatable bonds is 13. The molecule has 214 valence electrons. The molecule has 0 aliphatic heterocycles. The predicted octanol–water partition coefficient (Wildman–Crippen LogP) is 5.26. The lowest BCUT2D eigenvalue weighted by Gasteiger charge is -2.34. The quantitative estimate of drug-likeness (QED) is 0.307. The number of nitrogens with zero attached hydrogens (tertiary/aromatic N) is 2. The number of carbonyl (C=O) groups is 2. The molecule has 40 heavy (non-hydrogen) atoms. The molecule has 3 rings (SSSR count). The van der Waals surface area contributed by atoms with Crippen molar-refractivity contribution < 1.29 is 18.0 Å². The Bertz CT molecular complexity index is 1360. The van der Waals surface area contributed by atoms with E-state index < -0.39 is 28.5 Å². The largest absolute Gasteiger partial charge is 0.352 e. The minimum Gasteiger partial charge on any atom is -0.352 e. The summed E-state index contributed by atoms with van der Waals surface area (Å²) in [6.45, 7) is 9.42. The van der Waals surface area contributed by atoms with Crippen molar-refractivity contribution >= 4 is 27.5 Å². The van der Waals surface area contributed by atoms with Crippen LogP contribution in [0.3, 0.4) is 0 Å². The highest BCUT2D eigenvalue weighted by molar-refractivity contribution is 7.92. The van der Waals surface area contributed by atoms with E-state index >= 15 is 0 Å². The zero-order valence-corrected chi connectivity index (χ0v) is 24.9. The molecule has 0 saturated heterocycles. The molecule has 0 bridgehead atoms. The summed E-state index contributed by atoms with van der Waals surface area (Å²) < 4.78 is 29.0. The van der Waals surface area contributed by atoms with Crippen LogP contribution in [0.2, 0.25) is 0 Å².